The highest BCUT2D eigenvalue weighted by atomic mass is 16.3. The van der Waals surface area contributed by atoms with Crippen molar-refractivity contribution in [2.24, 2.45) is 11.7 Å². The molecule has 1 heterocycles. The maximum absolute atomic E-state index is 6.16. The molecular formula is C14H17NO. The molecule has 2 nitrogen and oxygen atoms in total. The van der Waals surface area contributed by atoms with Gasteiger partial charge in [0.2, 0.25) is 0 Å². The van der Waals surface area contributed by atoms with Crippen molar-refractivity contribution in [1.29, 1.82) is 0 Å². The summed E-state index contributed by atoms with van der Waals surface area (Å²) in [5.41, 5.74) is 9.63. The third-order valence-corrected chi connectivity index (χ3v) is 3.42. The van der Waals surface area contributed by atoms with E-state index < -0.39 is 0 Å². The van der Waals surface area contributed by atoms with Crippen molar-refractivity contribution in [3.8, 4) is 0 Å². The van der Waals surface area contributed by atoms with Gasteiger partial charge in [-0.3, -0.25) is 0 Å². The van der Waals surface area contributed by atoms with Crippen molar-refractivity contribution in [2.75, 3.05) is 0 Å². The fourth-order valence-electron chi connectivity index (χ4n) is 2.39. The van der Waals surface area contributed by atoms with E-state index in [1.807, 2.05) is 0 Å². The standard InChI is InChI=1S/C14H17NO/c1-8-5-9(2)14-11(6-8)7-12(16-14)13(15)10-3-4-10/h5-7,10,13H,3-4,15H2,1-2H3. The second kappa shape index (κ2) is 3.36. The molecule has 1 aliphatic carbocycles. The zero-order valence-electron chi connectivity index (χ0n) is 9.79. The second-order valence-corrected chi connectivity index (χ2v) is 5.01. The Balaban J connectivity index is 2.11. The molecule has 1 fully saturated rings. The Labute approximate surface area is 95.4 Å². The van der Waals surface area contributed by atoms with E-state index in [1.54, 1.807) is 0 Å². The average Bonchev–Trinajstić information content (AvgIpc) is 2.97. The van der Waals surface area contributed by atoms with Crippen LogP contribution in [0.1, 0.15) is 35.8 Å². The van der Waals surface area contributed by atoms with Gasteiger partial charge in [0, 0.05) is 5.39 Å². The van der Waals surface area contributed by atoms with Crippen LogP contribution < -0.4 is 5.73 Å². The van der Waals surface area contributed by atoms with Crippen LogP contribution in [0.5, 0.6) is 0 Å². The van der Waals surface area contributed by atoms with Crippen LogP contribution in [0.4, 0.5) is 0 Å². The molecule has 0 saturated heterocycles. The Kier molecular flexibility index (Phi) is 2.08. The van der Waals surface area contributed by atoms with E-state index in [1.165, 1.54) is 29.4 Å². The molecular weight excluding hydrogens is 198 g/mol. The van der Waals surface area contributed by atoms with Crippen LogP contribution in [0.25, 0.3) is 11.0 Å². The molecule has 0 radical (unpaired) electrons. The number of benzene rings is 1. The maximum Gasteiger partial charge on any atom is 0.137 e. The summed E-state index contributed by atoms with van der Waals surface area (Å²) in [7, 11) is 0. The third kappa shape index (κ3) is 1.54. The van der Waals surface area contributed by atoms with Gasteiger partial charge in [0.05, 0.1) is 6.04 Å². The fraction of sp³-hybridized carbons (Fsp3) is 0.429. The molecule has 1 atom stereocenters. The number of hydrogen-bond acceptors (Lipinski definition) is 2. The van der Waals surface area contributed by atoms with E-state index in [2.05, 4.69) is 32.0 Å². The van der Waals surface area contributed by atoms with Gasteiger partial charge in [-0.05, 0) is 50.3 Å². The Hall–Kier alpha value is -1.28. The molecule has 1 saturated carbocycles. The maximum atomic E-state index is 6.16. The lowest BCUT2D eigenvalue weighted by Crippen LogP contribution is -2.10. The minimum atomic E-state index is 0.0899. The van der Waals surface area contributed by atoms with Crippen LogP contribution >= 0.6 is 0 Å². The smallest absolute Gasteiger partial charge is 0.137 e. The van der Waals surface area contributed by atoms with Crippen molar-refractivity contribution < 1.29 is 4.42 Å². The quantitative estimate of drug-likeness (QED) is 0.833. The van der Waals surface area contributed by atoms with Crippen molar-refractivity contribution in [3.63, 3.8) is 0 Å². The second-order valence-electron chi connectivity index (χ2n) is 5.01. The first kappa shape index (κ1) is 9.91. The number of rotatable bonds is 2. The van der Waals surface area contributed by atoms with Crippen LogP contribution in [0, 0.1) is 19.8 Å². The van der Waals surface area contributed by atoms with Gasteiger partial charge in [0.25, 0.3) is 0 Å². The van der Waals surface area contributed by atoms with Gasteiger partial charge >= 0.3 is 0 Å². The van der Waals surface area contributed by atoms with E-state index in [4.69, 9.17) is 10.2 Å². The van der Waals surface area contributed by atoms with Gasteiger partial charge in [0.15, 0.2) is 0 Å². The zero-order valence-corrected chi connectivity index (χ0v) is 9.79. The lowest BCUT2D eigenvalue weighted by Gasteiger charge is -2.04. The summed E-state index contributed by atoms with van der Waals surface area (Å²) >= 11 is 0. The molecule has 1 aliphatic rings. The minimum absolute atomic E-state index is 0.0899. The zero-order chi connectivity index (χ0) is 11.3. The van der Waals surface area contributed by atoms with E-state index in [9.17, 15) is 0 Å². The highest BCUT2D eigenvalue weighted by Crippen LogP contribution is 2.41. The molecule has 84 valence electrons. The molecule has 2 aromatic rings. The van der Waals surface area contributed by atoms with Crippen molar-refractivity contribution >= 4 is 11.0 Å². The van der Waals surface area contributed by atoms with Crippen LogP contribution in [-0.4, -0.2) is 0 Å². The molecule has 16 heavy (non-hydrogen) atoms. The van der Waals surface area contributed by atoms with Crippen molar-refractivity contribution in [3.05, 3.63) is 35.1 Å². The molecule has 3 rings (SSSR count). The Morgan fingerprint density at radius 3 is 2.69 bits per heavy atom. The van der Waals surface area contributed by atoms with Gasteiger partial charge in [-0.2, -0.15) is 0 Å². The fourth-order valence-corrected chi connectivity index (χ4v) is 2.39. The molecule has 0 bridgehead atoms. The largest absolute Gasteiger partial charge is 0.459 e. The molecule has 0 amide bonds. The number of aryl methyl sites for hydroxylation is 2. The summed E-state index contributed by atoms with van der Waals surface area (Å²) in [4.78, 5) is 0. The highest BCUT2D eigenvalue weighted by Gasteiger charge is 2.31. The molecule has 1 unspecified atom stereocenters. The van der Waals surface area contributed by atoms with Gasteiger partial charge in [0.1, 0.15) is 11.3 Å². The minimum Gasteiger partial charge on any atom is -0.459 e. The van der Waals surface area contributed by atoms with E-state index in [0.29, 0.717) is 5.92 Å². The first-order valence-corrected chi connectivity index (χ1v) is 5.91. The molecule has 1 aromatic carbocycles. The Morgan fingerprint density at radius 1 is 1.25 bits per heavy atom. The van der Waals surface area contributed by atoms with Gasteiger partial charge < -0.3 is 10.2 Å². The lowest BCUT2D eigenvalue weighted by molar-refractivity contribution is 0.466. The van der Waals surface area contributed by atoms with Gasteiger partial charge in [-0.15, -0.1) is 0 Å². The van der Waals surface area contributed by atoms with Crippen LogP contribution in [0.2, 0.25) is 0 Å². The summed E-state index contributed by atoms with van der Waals surface area (Å²) in [6, 6.07) is 6.51. The molecule has 1 aromatic heterocycles. The third-order valence-electron chi connectivity index (χ3n) is 3.42. The summed E-state index contributed by atoms with van der Waals surface area (Å²) in [5, 5.41) is 1.18. The number of fused-ring (bicyclic) bond motifs is 1. The monoisotopic (exact) mass is 215 g/mol. The first-order chi connectivity index (χ1) is 7.65. The van der Waals surface area contributed by atoms with Crippen molar-refractivity contribution in [1.82, 2.24) is 0 Å². The van der Waals surface area contributed by atoms with Crippen LogP contribution in [0.15, 0.2) is 22.6 Å². The highest BCUT2D eigenvalue weighted by molar-refractivity contribution is 5.82. The summed E-state index contributed by atoms with van der Waals surface area (Å²) in [6.07, 6.45) is 2.49. The number of hydrogen-bond donors (Lipinski definition) is 1. The molecule has 2 N–H and O–H groups in total. The predicted molar refractivity (Wildman–Crippen MR) is 65.3 cm³/mol. The number of furan rings is 1. The number of nitrogens with two attached hydrogens (primary N) is 1. The molecule has 2 heteroatoms. The summed E-state index contributed by atoms with van der Waals surface area (Å²) in [5.74, 6) is 1.59. The summed E-state index contributed by atoms with van der Waals surface area (Å²) < 4.78 is 5.89. The summed E-state index contributed by atoms with van der Waals surface area (Å²) in [6.45, 7) is 4.20. The van der Waals surface area contributed by atoms with E-state index >= 15 is 0 Å². The Morgan fingerprint density at radius 2 is 2.00 bits per heavy atom. The van der Waals surface area contributed by atoms with Gasteiger partial charge in [-0.1, -0.05) is 11.6 Å². The lowest BCUT2D eigenvalue weighted by atomic mass is 10.1. The van der Waals surface area contributed by atoms with E-state index in [0.717, 1.165) is 11.3 Å². The van der Waals surface area contributed by atoms with Crippen molar-refractivity contribution in [2.45, 2.75) is 32.7 Å². The van der Waals surface area contributed by atoms with Crippen LogP contribution in [-0.2, 0) is 0 Å². The predicted octanol–water partition coefficient (Wildman–Crippen LogP) is 3.46. The topological polar surface area (TPSA) is 39.2 Å². The molecule has 0 spiro atoms. The van der Waals surface area contributed by atoms with Gasteiger partial charge in [-0.25, -0.2) is 0 Å². The Bertz CT molecular complexity index is 537. The molecule has 0 aliphatic heterocycles. The van der Waals surface area contributed by atoms with Crippen LogP contribution in [0.3, 0.4) is 0 Å². The average molecular weight is 215 g/mol. The normalized spacial score (nSPS) is 17.9. The van der Waals surface area contributed by atoms with E-state index in [-0.39, 0.29) is 6.04 Å². The SMILES string of the molecule is Cc1cc(C)c2oc(C(N)C3CC3)cc2c1. The first-order valence-electron chi connectivity index (χ1n) is 5.91.